The van der Waals surface area contributed by atoms with Gasteiger partial charge < -0.3 is 10.2 Å². The number of nitrogens with one attached hydrogen (secondary N) is 1. The van der Waals surface area contributed by atoms with Gasteiger partial charge in [0, 0.05) is 24.2 Å². The lowest BCUT2D eigenvalue weighted by molar-refractivity contribution is 0.666. The van der Waals surface area contributed by atoms with Crippen LogP contribution in [-0.2, 0) is 6.54 Å². The summed E-state index contributed by atoms with van der Waals surface area (Å²) >= 11 is 1.72. The van der Waals surface area contributed by atoms with Crippen LogP contribution >= 0.6 is 11.3 Å². The summed E-state index contributed by atoms with van der Waals surface area (Å²) in [7, 11) is 0. The molecule has 0 saturated carbocycles. The number of hydrogen-bond acceptors (Lipinski definition) is 4. The van der Waals surface area contributed by atoms with Crippen molar-refractivity contribution < 1.29 is 0 Å². The van der Waals surface area contributed by atoms with E-state index in [0.717, 1.165) is 36.9 Å². The molecule has 3 nitrogen and oxygen atoms in total. The Morgan fingerprint density at radius 2 is 2.05 bits per heavy atom. The number of nitrogens with zero attached hydrogens (tertiary/aromatic N) is 2. The second-order valence-corrected chi connectivity index (χ2v) is 5.67. The average molecular weight is 289 g/mol. The number of thiazole rings is 1. The second-order valence-electron chi connectivity index (χ2n) is 4.83. The zero-order valence-electron chi connectivity index (χ0n) is 12.5. The molecule has 0 fully saturated rings. The Bertz CT molecular complexity index is 536. The van der Waals surface area contributed by atoms with Gasteiger partial charge >= 0.3 is 0 Å². The molecule has 4 heteroatoms. The Morgan fingerprint density at radius 3 is 2.75 bits per heavy atom. The molecule has 0 radical (unpaired) electrons. The third-order valence-corrected chi connectivity index (χ3v) is 4.14. The molecule has 1 aromatic carbocycles. The summed E-state index contributed by atoms with van der Waals surface area (Å²) in [6, 6.07) is 8.47. The van der Waals surface area contributed by atoms with Crippen LogP contribution in [0.2, 0.25) is 0 Å². The topological polar surface area (TPSA) is 28.2 Å². The van der Waals surface area contributed by atoms with Crippen LogP contribution in [-0.4, -0.2) is 18.1 Å². The first kappa shape index (κ1) is 15.0. The van der Waals surface area contributed by atoms with Crippen LogP contribution in [0.1, 0.15) is 31.5 Å². The maximum Gasteiger partial charge on any atom is 0.190 e. The van der Waals surface area contributed by atoms with Crippen molar-refractivity contribution in [2.45, 2.75) is 33.7 Å². The van der Waals surface area contributed by atoms with E-state index in [9.17, 15) is 0 Å². The minimum absolute atomic E-state index is 0.857. The predicted molar refractivity (Wildman–Crippen MR) is 88.0 cm³/mol. The number of aryl methyl sites for hydroxylation is 1. The van der Waals surface area contributed by atoms with Gasteiger partial charge in [0.1, 0.15) is 0 Å². The lowest BCUT2D eigenvalue weighted by Gasteiger charge is -2.21. The van der Waals surface area contributed by atoms with Crippen molar-refractivity contribution >= 4 is 22.2 Å². The van der Waals surface area contributed by atoms with Gasteiger partial charge in [0.25, 0.3) is 0 Å². The maximum atomic E-state index is 4.75. The number of anilines is 2. The molecule has 0 saturated heterocycles. The van der Waals surface area contributed by atoms with E-state index in [4.69, 9.17) is 4.98 Å². The summed E-state index contributed by atoms with van der Waals surface area (Å²) in [5.74, 6) is 0. The summed E-state index contributed by atoms with van der Waals surface area (Å²) in [6.07, 6.45) is 1.15. The zero-order chi connectivity index (χ0) is 14.4. The highest BCUT2D eigenvalue weighted by molar-refractivity contribution is 7.13. The van der Waals surface area contributed by atoms with Crippen molar-refractivity contribution in [2.75, 3.05) is 18.0 Å². The summed E-state index contributed by atoms with van der Waals surface area (Å²) < 4.78 is 0. The smallest absolute Gasteiger partial charge is 0.190 e. The largest absolute Gasteiger partial charge is 0.318 e. The van der Waals surface area contributed by atoms with Gasteiger partial charge in [0.2, 0.25) is 0 Å². The van der Waals surface area contributed by atoms with Crippen molar-refractivity contribution in [3.63, 3.8) is 0 Å². The van der Waals surface area contributed by atoms with E-state index in [0.29, 0.717) is 0 Å². The summed E-state index contributed by atoms with van der Waals surface area (Å²) in [6.45, 7) is 9.33. The zero-order valence-corrected chi connectivity index (χ0v) is 13.3. The number of rotatable bonds is 7. The van der Waals surface area contributed by atoms with Crippen LogP contribution in [0.25, 0.3) is 0 Å². The van der Waals surface area contributed by atoms with E-state index in [1.165, 1.54) is 11.3 Å². The van der Waals surface area contributed by atoms with Gasteiger partial charge in [-0.1, -0.05) is 25.1 Å². The molecular formula is C16H23N3S. The van der Waals surface area contributed by atoms with Crippen LogP contribution in [0.4, 0.5) is 10.8 Å². The van der Waals surface area contributed by atoms with Crippen molar-refractivity contribution in [3.8, 4) is 0 Å². The first-order valence-corrected chi connectivity index (χ1v) is 8.12. The molecule has 1 N–H and O–H groups in total. The first-order valence-electron chi connectivity index (χ1n) is 7.24. The van der Waals surface area contributed by atoms with Gasteiger partial charge in [-0.3, -0.25) is 0 Å². The number of hydrogen-bond donors (Lipinski definition) is 1. The minimum Gasteiger partial charge on any atom is -0.318 e. The molecule has 0 aliphatic carbocycles. The molecule has 108 valence electrons. The normalized spacial score (nSPS) is 10.8. The fraction of sp³-hybridized carbons (Fsp3) is 0.438. The van der Waals surface area contributed by atoms with Crippen LogP contribution in [0.5, 0.6) is 0 Å². The quantitative estimate of drug-likeness (QED) is 0.778. The van der Waals surface area contributed by atoms with Gasteiger partial charge in [0.15, 0.2) is 5.13 Å². The molecule has 0 aliphatic rings. The molecule has 1 aromatic heterocycles. The van der Waals surface area contributed by atoms with Crippen molar-refractivity contribution in [1.29, 1.82) is 0 Å². The molecule has 0 amide bonds. The molecule has 1 heterocycles. The standard InChI is InChI=1S/C16H23N3S/c1-4-10-17-11-14-12-20-16(18-14)19(5-2)15-9-7-6-8-13(15)3/h6-9,12,17H,4-5,10-11H2,1-3H3. The van der Waals surface area contributed by atoms with Gasteiger partial charge in [-0.05, 0) is 38.4 Å². The molecule has 0 spiro atoms. The summed E-state index contributed by atoms with van der Waals surface area (Å²) in [5, 5.41) is 6.63. The third-order valence-electron chi connectivity index (χ3n) is 3.23. The molecule has 0 aliphatic heterocycles. The highest BCUT2D eigenvalue weighted by atomic mass is 32.1. The van der Waals surface area contributed by atoms with Crippen molar-refractivity contribution in [2.24, 2.45) is 0 Å². The molecule has 20 heavy (non-hydrogen) atoms. The van der Waals surface area contributed by atoms with Crippen LogP contribution < -0.4 is 10.2 Å². The Labute approximate surface area is 125 Å². The van der Waals surface area contributed by atoms with E-state index in [-0.39, 0.29) is 0 Å². The Hall–Kier alpha value is -1.39. The first-order chi connectivity index (χ1) is 9.76. The minimum atomic E-state index is 0.857. The van der Waals surface area contributed by atoms with Crippen molar-refractivity contribution in [3.05, 3.63) is 40.9 Å². The van der Waals surface area contributed by atoms with E-state index in [1.54, 1.807) is 11.3 Å². The number of para-hydroxylation sites is 1. The lowest BCUT2D eigenvalue weighted by atomic mass is 10.2. The predicted octanol–water partition coefficient (Wildman–Crippen LogP) is 4.11. The van der Waals surface area contributed by atoms with Crippen LogP contribution in [0.15, 0.2) is 29.6 Å². The van der Waals surface area contributed by atoms with Gasteiger partial charge in [-0.2, -0.15) is 0 Å². The highest BCUT2D eigenvalue weighted by Crippen LogP contribution is 2.30. The molecule has 0 bridgehead atoms. The molecular weight excluding hydrogens is 266 g/mol. The van der Waals surface area contributed by atoms with Crippen LogP contribution in [0.3, 0.4) is 0 Å². The summed E-state index contributed by atoms with van der Waals surface area (Å²) in [4.78, 5) is 7.03. The summed E-state index contributed by atoms with van der Waals surface area (Å²) in [5.41, 5.74) is 3.66. The van der Waals surface area contributed by atoms with E-state index in [1.807, 2.05) is 0 Å². The van der Waals surface area contributed by atoms with Gasteiger partial charge in [0.05, 0.1) is 5.69 Å². The molecule has 2 rings (SSSR count). The monoisotopic (exact) mass is 289 g/mol. The second kappa shape index (κ2) is 7.41. The fourth-order valence-corrected chi connectivity index (χ4v) is 3.07. The molecule has 0 atom stereocenters. The van der Waals surface area contributed by atoms with E-state index in [2.05, 4.69) is 60.6 Å². The fourth-order valence-electron chi connectivity index (χ4n) is 2.17. The average Bonchev–Trinajstić information content (AvgIpc) is 2.91. The lowest BCUT2D eigenvalue weighted by Crippen LogP contribution is -2.17. The SMILES string of the molecule is CCCNCc1csc(N(CC)c2ccccc2C)n1. The van der Waals surface area contributed by atoms with Crippen molar-refractivity contribution in [1.82, 2.24) is 10.3 Å². The Morgan fingerprint density at radius 1 is 1.25 bits per heavy atom. The molecule has 2 aromatic rings. The Kier molecular flexibility index (Phi) is 5.56. The Balaban J connectivity index is 2.14. The van der Waals surface area contributed by atoms with Gasteiger partial charge in [-0.25, -0.2) is 4.98 Å². The van der Waals surface area contributed by atoms with Gasteiger partial charge in [-0.15, -0.1) is 11.3 Å². The molecule has 0 unspecified atom stereocenters. The van der Waals surface area contributed by atoms with Crippen LogP contribution in [0, 0.1) is 6.92 Å². The maximum absolute atomic E-state index is 4.75. The highest BCUT2D eigenvalue weighted by Gasteiger charge is 2.13. The number of aromatic nitrogens is 1. The third kappa shape index (κ3) is 3.58. The van der Waals surface area contributed by atoms with E-state index < -0.39 is 0 Å². The van der Waals surface area contributed by atoms with E-state index >= 15 is 0 Å². The number of benzene rings is 1.